The number of carbonyl (C=O) groups excluding carboxylic acids is 2. The lowest BCUT2D eigenvalue weighted by Gasteiger charge is -2.11. The average molecular weight is 372 g/mol. The molecule has 1 heterocycles. The van der Waals surface area contributed by atoms with Crippen LogP contribution in [0.3, 0.4) is 0 Å². The normalized spacial score (nSPS) is 10.5. The van der Waals surface area contributed by atoms with E-state index in [0.717, 1.165) is 0 Å². The monoisotopic (exact) mass is 372 g/mol. The summed E-state index contributed by atoms with van der Waals surface area (Å²) in [6.07, 6.45) is 1.38. The minimum Gasteiger partial charge on any atom is -0.459 e. The fourth-order valence-electron chi connectivity index (χ4n) is 2.33. The van der Waals surface area contributed by atoms with Crippen molar-refractivity contribution < 1.29 is 27.5 Å². The predicted molar refractivity (Wildman–Crippen MR) is 94.1 cm³/mol. The molecule has 2 amide bonds. The molecule has 2 aromatic carbocycles. The fraction of sp³-hybridized carbons (Fsp3) is 0.0526. The molecule has 0 atom stereocenters. The highest BCUT2D eigenvalue weighted by Gasteiger charge is 2.16. The van der Waals surface area contributed by atoms with Crippen molar-refractivity contribution in [3.05, 3.63) is 78.3 Å². The zero-order chi connectivity index (χ0) is 19.2. The Labute approximate surface area is 152 Å². The number of carbonyl (C=O) groups is 2. The van der Waals surface area contributed by atoms with Gasteiger partial charge in [0.15, 0.2) is 5.76 Å². The largest absolute Gasteiger partial charge is 0.459 e. The van der Waals surface area contributed by atoms with Gasteiger partial charge in [-0.05, 0) is 42.5 Å². The third-order valence-electron chi connectivity index (χ3n) is 3.47. The topological polar surface area (TPSA) is 80.6 Å². The molecule has 0 aliphatic heterocycles. The van der Waals surface area contributed by atoms with E-state index in [1.165, 1.54) is 42.7 Å². The summed E-state index contributed by atoms with van der Waals surface area (Å²) in [5.41, 5.74) is 0.748. The number of hydrogen-bond donors (Lipinski definition) is 2. The number of furan rings is 1. The molecule has 2 N–H and O–H groups in total. The minimum atomic E-state index is -3.04. The van der Waals surface area contributed by atoms with Crippen molar-refractivity contribution in [3.63, 3.8) is 0 Å². The molecular formula is C19H14F2N2O4. The summed E-state index contributed by atoms with van der Waals surface area (Å²) in [6.45, 7) is -3.04. The Morgan fingerprint density at radius 1 is 0.889 bits per heavy atom. The number of amides is 2. The Morgan fingerprint density at radius 3 is 2.26 bits per heavy atom. The van der Waals surface area contributed by atoms with Crippen LogP contribution in [-0.4, -0.2) is 18.4 Å². The van der Waals surface area contributed by atoms with Gasteiger partial charge in [-0.25, -0.2) is 0 Å². The Bertz CT molecular complexity index is 942. The Balaban J connectivity index is 1.73. The van der Waals surface area contributed by atoms with E-state index in [2.05, 4.69) is 15.4 Å². The Kier molecular flexibility index (Phi) is 5.46. The molecule has 0 saturated heterocycles. The molecular weight excluding hydrogens is 358 g/mol. The first kappa shape index (κ1) is 18.1. The Morgan fingerprint density at radius 2 is 1.59 bits per heavy atom. The van der Waals surface area contributed by atoms with Gasteiger partial charge in [0.05, 0.1) is 11.8 Å². The lowest BCUT2D eigenvalue weighted by atomic mass is 10.2. The third kappa shape index (κ3) is 4.69. The molecule has 0 unspecified atom stereocenters. The van der Waals surface area contributed by atoms with Crippen molar-refractivity contribution in [3.8, 4) is 5.75 Å². The van der Waals surface area contributed by atoms with Crippen molar-refractivity contribution in [1.82, 2.24) is 0 Å². The van der Waals surface area contributed by atoms with Crippen LogP contribution in [0.25, 0.3) is 0 Å². The van der Waals surface area contributed by atoms with E-state index in [0.29, 0.717) is 11.4 Å². The number of benzene rings is 2. The van der Waals surface area contributed by atoms with E-state index in [-0.39, 0.29) is 17.1 Å². The van der Waals surface area contributed by atoms with Crippen LogP contribution in [0.5, 0.6) is 5.75 Å². The van der Waals surface area contributed by atoms with Gasteiger partial charge in [0, 0.05) is 11.4 Å². The maximum atomic E-state index is 12.5. The summed E-state index contributed by atoms with van der Waals surface area (Å²) in [5.74, 6) is -1.16. The van der Waals surface area contributed by atoms with Gasteiger partial charge in [-0.2, -0.15) is 8.78 Å². The van der Waals surface area contributed by atoms with E-state index in [9.17, 15) is 18.4 Å². The van der Waals surface area contributed by atoms with E-state index in [4.69, 9.17) is 4.42 Å². The second-order valence-corrected chi connectivity index (χ2v) is 5.34. The highest BCUT2D eigenvalue weighted by Crippen LogP contribution is 2.23. The van der Waals surface area contributed by atoms with Crippen LogP contribution >= 0.6 is 0 Å². The third-order valence-corrected chi connectivity index (χ3v) is 3.47. The molecule has 3 aromatic rings. The van der Waals surface area contributed by atoms with Gasteiger partial charge < -0.3 is 19.8 Å². The highest BCUT2D eigenvalue weighted by molar-refractivity contribution is 6.07. The zero-order valence-electron chi connectivity index (χ0n) is 13.8. The molecule has 0 spiro atoms. The number of hydrogen-bond acceptors (Lipinski definition) is 4. The summed E-state index contributed by atoms with van der Waals surface area (Å²) >= 11 is 0. The van der Waals surface area contributed by atoms with Crippen molar-refractivity contribution in [2.75, 3.05) is 10.6 Å². The van der Waals surface area contributed by atoms with Gasteiger partial charge in [-0.1, -0.05) is 18.2 Å². The van der Waals surface area contributed by atoms with Crippen molar-refractivity contribution in [2.24, 2.45) is 0 Å². The van der Waals surface area contributed by atoms with E-state index < -0.39 is 18.4 Å². The summed E-state index contributed by atoms with van der Waals surface area (Å²) < 4.78 is 34.3. The van der Waals surface area contributed by atoms with E-state index in [1.807, 2.05) is 0 Å². The molecule has 27 heavy (non-hydrogen) atoms. The van der Waals surface area contributed by atoms with Crippen LogP contribution in [0.2, 0.25) is 0 Å². The van der Waals surface area contributed by atoms with Gasteiger partial charge in [-0.3, -0.25) is 9.59 Å². The quantitative estimate of drug-likeness (QED) is 0.673. The van der Waals surface area contributed by atoms with Crippen LogP contribution < -0.4 is 15.4 Å². The van der Waals surface area contributed by atoms with Gasteiger partial charge in [0.1, 0.15) is 5.75 Å². The van der Waals surface area contributed by atoms with Crippen LogP contribution in [0, 0.1) is 0 Å². The maximum Gasteiger partial charge on any atom is 0.387 e. The molecule has 0 aliphatic carbocycles. The number of halogens is 2. The maximum absolute atomic E-state index is 12.5. The van der Waals surface area contributed by atoms with E-state index >= 15 is 0 Å². The Hall–Kier alpha value is -3.68. The van der Waals surface area contributed by atoms with Crippen LogP contribution in [0.4, 0.5) is 20.2 Å². The van der Waals surface area contributed by atoms with Crippen LogP contribution in [0.15, 0.2) is 71.3 Å². The zero-order valence-corrected chi connectivity index (χ0v) is 13.8. The van der Waals surface area contributed by atoms with Crippen LogP contribution in [-0.2, 0) is 0 Å². The minimum absolute atomic E-state index is 0.0391. The molecule has 3 rings (SSSR count). The molecule has 0 saturated carbocycles. The highest BCUT2D eigenvalue weighted by atomic mass is 19.3. The molecule has 0 bridgehead atoms. The molecule has 138 valence electrons. The number of ether oxygens (including phenoxy) is 1. The number of rotatable bonds is 6. The molecule has 8 heteroatoms. The predicted octanol–water partition coefficient (Wildman–Crippen LogP) is 4.39. The van der Waals surface area contributed by atoms with Gasteiger partial charge in [0.2, 0.25) is 0 Å². The SMILES string of the molecule is O=C(Nc1cccc(NC(=O)c2ccccc2OC(F)F)c1)c1ccco1. The second-order valence-electron chi connectivity index (χ2n) is 5.34. The number of para-hydroxylation sites is 1. The summed E-state index contributed by atoms with van der Waals surface area (Å²) in [4.78, 5) is 24.4. The number of nitrogens with one attached hydrogen (secondary N) is 2. The van der Waals surface area contributed by atoms with Gasteiger partial charge in [0.25, 0.3) is 11.8 Å². The van der Waals surface area contributed by atoms with Crippen molar-refractivity contribution in [2.45, 2.75) is 6.61 Å². The van der Waals surface area contributed by atoms with Gasteiger partial charge >= 0.3 is 6.61 Å². The van der Waals surface area contributed by atoms with Gasteiger partial charge in [-0.15, -0.1) is 0 Å². The molecule has 6 nitrogen and oxygen atoms in total. The lowest BCUT2D eigenvalue weighted by Crippen LogP contribution is -2.15. The smallest absolute Gasteiger partial charge is 0.387 e. The summed E-state index contributed by atoms with van der Waals surface area (Å²) in [7, 11) is 0. The fourth-order valence-corrected chi connectivity index (χ4v) is 2.33. The van der Waals surface area contributed by atoms with Crippen molar-refractivity contribution >= 4 is 23.2 Å². The summed E-state index contributed by atoms with van der Waals surface area (Å²) in [6, 6.07) is 15.1. The first-order valence-electron chi connectivity index (χ1n) is 7.83. The standard InChI is InChI=1S/C19H14F2N2O4/c20-19(21)27-15-8-2-1-7-14(15)17(24)22-12-5-3-6-13(11-12)23-18(25)16-9-4-10-26-16/h1-11,19H,(H,22,24)(H,23,25). The lowest BCUT2D eigenvalue weighted by molar-refractivity contribution is -0.0501. The first-order valence-corrected chi connectivity index (χ1v) is 7.83. The second kappa shape index (κ2) is 8.13. The van der Waals surface area contributed by atoms with Crippen molar-refractivity contribution in [1.29, 1.82) is 0 Å². The molecule has 0 radical (unpaired) electrons. The number of alkyl halides is 2. The molecule has 0 aliphatic rings. The van der Waals surface area contributed by atoms with Crippen LogP contribution in [0.1, 0.15) is 20.9 Å². The molecule has 1 aromatic heterocycles. The average Bonchev–Trinajstić information content (AvgIpc) is 3.17. The summed E-state index contributed by atoms with van der Waals surface area (Å²) in [5, 5.41) is 5.21. The first-order chi connectivity index (χ1) is 13.0. The number of anilines is 2. The molecule has 0 fully saturated rings. The van der Waals surface area contributed by atoms with E-state index in [1.54, 1.807) is 24.3 Å².